The van der Waals surface area contributed by atoms with Crippen LogP contribution < -0.4 is 0 Å². The first-order valence-electron chi connectivity index (χ1n) is 9.66. The lowest BCUT2D eigenvalue weighted by atomic mass is 9.67. The molecule has 2 rings (SSSR count). The molecule has 0 fully saturated rings. The SMILES string of the molecule is CC1=CC(Cc2cc(C)cc(C(C)(C)C)c2O)=C(O)[C@@H](C(C)(C)C)C1C. The van der Waals surface area contributed by atoms with Crippen molar-refractivity contribution in [1.82, 2.24) is 0 Å². The highest BCUT2D eigenvalue weighted by molar-refractivity contribution is 5.50. The zero-order chi connectivity index (χ0) is 20.0. The summed E-state index contributed by atoms with van der Waals surface area (Å²) in [6, 6.07) is 4.10. The summed E-state index contributed by atoms with van der Waals surface area (Å²) in [5.41, 5.74) is 5.08. The van der Waals surface area contributed by atoms with Crippen LogP contribution in [-0.2, 0) is 11.8 Å². The molecule has 2 atom stereocenters. The van der Waals surface area contributed by atoms with Gasteiger partial charge in [-0.05, 0) is 47.3 Å². The molecule has 1 unspecified atom stereocenters. The molecule has 2 heteroatoms. The van der Waals surface area contributed by atoms with Crippen molar-refractivity contribution in [2.45, 2.75) is 74.1 Å². The molecular formula is C24H36O2. The molecule has 0 radical (unpaired) electrons. The van der Waals surface area contributed by atoms with Crippen molar-refractivity contribution < 1.29 is 10.2 Å². The fraction of sp³-hybridized carbons (Fsp3) is 0.583. The molecule has 2 N–H and O–H groups in total. The zero-order valence-electron chi connectivity index (χ0n) is 18.0. The topological polar surface area (TPSA) is 40.5 Å². The average molecular weight is 357 g/mol. The van der Waals surface area contributed by atoms with Gasteiger partial charge >= 0.3 is 0 Å². The number of allylic oxidation sites excluding steroid dienone is 4. The summed E-state index contributed by atoms with van der Waals surface area (Å²) in [6.45, 7) is 19.3. The molecule has 0 amide bonds. The summed E-state index contributed by atoms with van der Waals surface area (Å²) in [4.78, 5) is 0. The number of aryl methyl sites for hydroxylation is 1. The lowest BCUT2D eigenvalue weighted by molar-refractivity contribution is 0.154. The van der Waals surface area contributed by atoms with Crippen LogP contribution in [0.2, 0.25) is 0 Å². The number of aliphatic hydroxyl groups is 1. The highest BCUT2D eigenvalue weighted by Gasteiger charge is 2.37. The van der Waals surface area contributed by atoms with Gasteiger partial charge in [0.1, 0.15) is 5.75 Å². The number of phenols is 1. The van der Waals surface area contributed by atoms with Gasteiger partial charge in [0.25, 0.3) is 0 Å². The van der Waals surface area contributed by atoms with Crippen LogP contribution in [0.1, 0.15) is 72.1 Å². The fourth-order valence-corrected chi connectivity index (χ4v) is 4.25. The number of phenolic OH excluding ortho intramolecular Hbond substituents is 1. The number of rotatable bonds is 2. The summed E-state index contributed by atoms with van der Waals surface area (Å²) >= 11 is 0. The van der Waals surface area contributed by atoms with Gasteiger partial charge in [0.2, 0.25) is 0 Å². The molecule has 0 spiro atoms. The van der Waals surface area contributed by atoms with Crippen molar-refractivity contribution in [2.24, 2.45) is 17.3 Å². The van der Waals surface area contributed by atoms with Crippen molar-refractivity contribution in [3.8, 4) is 5.75 Å². The second-order valence-corrected chi connectivity index (χ2v) is 10.2. The number of hydrogen-bond donors (Lipinski definition) is 2. The van der Waals surface area contributed by atoms with Gasteiger partial charge in [0.05, 0.1) is 5.76 Å². The molecular weight excluding hydrogens is 320 g/mol. The Balaban J connectivity index is 2.54. The minimum atomic E-state index is -0.123. The van der Waals surface area contributed by atoms with E-state index in [1.165, 1.54) is 5.57 Å². The molecule has 1 aromatic carbocycles. The Hall–Kier alpha value is -1.70. The highest BCUT2D eigenvalue weighted by Crippen LogP contribution is 2.45. The minimum Gasteiger partial charge on any atom is -0.512 e. The van der Waals surface area contributed by atoms with Gasteiger partial charge < -0.3 is 10.2 Å². The van der Waals surface area contributed by atoms with Gasteiger partial charge in [-0.15, -0.1) is 0 Å². The Morgan fingerprint density at radius 3 is 2.04 bits per heavy atom. The molecule has 0 aliphatic heterocycles. The molecule has 0 saturated heterocycles. The van der Waals surface area contributed by atoms with E-state index < -0.39 is 0 Å². The van der Waals surface area contributed by atoms with Crippen LogP contribution in [0.4, 0.5) is 0 Å². The van der Waals surface area contributed by atoms with E-state index >= 15 is 0 Å². The molecule has 0 heterocycles. The van der Waals surface area contributed by atoms with Gasteiger partial charge in [-0.1, -0.05) is 77.8 Å². The van der Waals surface area contributed by atoms with Crippen molar-refractivity contribution in [3.63, 3.8) is 0 Å². The predicted octanol–water partition coefficient (Wildman–Crippen LogP) is 6.61. The number of hydrogen-bond acceptors (Lipinski definition) is 2. The largest absolute Gasteiger partial charge is 0.512 e. The van der Waals surface area contributed by atoms with Crippen LogP contribution in [0.5, 0.6) is 5.75 Å². The molecule has 0 bridgehead atoms. The number of aliphatic hydroxyl groups excluding tert-OH is 1. The van der Waals surface area contributed by atoms with Crippen molar-refractivity contribution in [1.29, 1.82) is 0 Å². The van der Waals surface area contributed by atoms with E-state index in [0.717, 1.165) is 22.3 Å². The first-order chi connectivity index (χ1) is 11.7. The second kappa shape index (κ2) is 6.79. The van der Waals surface area contributed by atoms with Crippen molar-refractivity contribution in [3.05, 3.63) is 51.8 Å². The number of benzene rings is 1. The van der Waals surface area contributed by atoms with Crippen LogP contribution >= 0.6 is 0 Å². The molecule has 0 saturated carbocycles. The minimum absolute atomic E-state index is 0.0184. The van der Waals surface area contributed by atoms with E-state index in [1.54, 1.807) is 0 Å². The highest BCUT2D eigenvalue weighted by atomic mass is 16.3. The molecule has 144 valence electrons. The van der Waals surface area contributed by atoms with E-state index in [4.69, 9.17) is 0 Å². The molecule has 1 aliphatic rings. The Morgan fingerprint density at radius 1 is 0.962 bits per heavy atom. The van der Waals surface area contributed by atoms with E-state index in [0.29, 0.717) is 23.8 Å². The quantitative estimate of drug-likeness (QED) is 0.626. The maximum Gasteiger partial charge on any atom is 0.122 e. The maximum atomic E-state index is 11.1. The van der Waals surface area contributed by atoms with Crippen molar-refractivity contribution in [2.75, 3.05) is 0 Å². The summed E-state index contributed by atoms with van der Waals surface area (Å²) in [5, 5.41) is 21.9. The summed E-state index contributed by atoms with van der Waals surface area (Å²) in [7, 11) is 0. The first kappa shape index (κ1) is 20.6. The van der Waals surface area contributed by atoms with Gasteiger partial charge in [-0.25, -0.2) is 0 Å². The number of aromatic hydroxyl groups is 1. The van der Waals surface area contributed by atoms with Gasteiger partial charge in [0, 0.05) is 12.3 Å². The van der Waals surface area contributed by atoms with Crippen LogP contribution in [0.3, 0.4) is 0 Å². The fourth-order valence-electron chi connectivity index (χ4n) is 4.25. The van der Waals surface area contributed by atoms with Gasteiger partial charge in [0.15, 0.2) is 0 Å². The Labute approximate surface area is 159 Å². The monoisotopic (exact) mass is 356 g/mol. The van der Waals surface area contributed by atoms with E-state index in [2.05, 4.69) is 74.5 Å². The molecule has 0 aromatic heterocycles. The average Bonchev–Trinajstić information content (AvgIpc) is 2.45. The van der Waals surface area contributed by atoms with Gasteiger partial charge in [-0.3, -0.25) is 0 Å². The molecule has 1 aliphatic carbocycles. The van der Waals surface area contributed by atoms with E-state index in [-0.39, 0.29) is 16.7 Å². The Kier molecular flexibility index (Phi) is 5.38. The molecule has 1 aromatic rings. The first-order valence-corrected chi connectivity index (χ1v) is 9.66. The van der Waals surface area contributed by atoms with Gasteiger partial charge in [-0.2, -0.15) is 0 Å². The summed E-state index contributed by atoms with van der Waals surface area (Å²) in [5.74, 6) is 1.25. The van der Waals surface area contributed by atoms with E-state index in [9.17, 15) is 10.2 Å². The maximum absolute atomic E-state index is 11.1. The molecule has 2 nitrogen and oxygen atoms in total. The second-order valence-electron chi connectivity index (χ2n) is 10.2. The van der Waals surface area contributed by atoms with Crippen LogP contribution in [-0.4, -0.2) is 10.2 Å². The predicted molar refractivity (Wildman–Crippen MR) is 111 cm³/mol. The third-order valence-electron chi connectivity index (χ3n) is 5.70. The van der Waals surface area contributed by atoms with Crippen LogP contribution in [0.25, 0.3) is 0 Å². The van der Waals surface area contributed by atoms with E-state index in [1.807, 2.05) is 6.07 Å². The van der Waals surface area contributed by atoms with Crippen LogP contribution in [0.15, 0.2) is 35.1 Å². The summed E-state index contributed by atoms with van der Waals surface area (Å²) < 4.78 is 0. The third-order valence-corrected chi connectivity index (χ3v) is 5.70. The van der Waals surface area contributed by atoms with Crippen LogP contribution in [0, 0.1) is 24.2 Å². The zero-order valence-corrected chi connectivity index (χ0v) is 18.0. The standard InChI is InChI=1S/C24H36O2/c1-14-10-17(21(25)19(11-14)23(4,5)6)13-18-12-15(2)16(3)20(22(18)26)24(7,8)9/h10-12,16,20,25-26H,13H2,1-9H3/t16?,20-/m0/s1. The smallest absolute Gasteiger partial charge is 0.122 e. The van der Waals surface area contributed by atoms with Crippen molar-refractivity contribution >= 4 is 0 Å². The Morgan fingerprint density at radius 2 is 1.54 bits per heavy atom. The third kappa shape index (κ3) is 4.00. The normalized spacial score (nSPS) is 21.8. The lowest BCUT2D eigenvalue weighted by Crippen LogP contribution is -2.32. The summed E-state index contributed by atoms with van der Waals surface area (Å²) in [6.07, 6.45) is 2.67. The molecule has 26 heavy (non-hydrogen) atoms. The Bertz CT molecular complexity index is 752. The lowest BCUT2D eigenvalue weighted by Gasteiger charge is -2.39.